The predicted octanol–water partition coefficient (Wildman–Crippen LogP) is 3.56. The highest BCUT2D eigenvalue weighted by Gasteiger charge is 2.26. The number of nitrogen functional groups attached to an aromatic ring is 1. The van der Waals surface area contributed by atoms with E-state index in [2.05, 4.69) is 0 Å². The largest absolute Gasteiger partial charge is 0.398 e. The summed E-state index contributed by atoms with van der Waals surface area (Å²) >= 11 is 5.98. The highest BCUT2D eigenvalue weighted by molar-refractivity contribution is 7.91. The second kappa shape index (κ2) is 5.04. The normalized spacial score (nSPS) is 12.0. The summed E-state index contributed by atoms with van der Waals surface area (Å²) in [4.78, 5) is 0.456. The Balaban J connectivity index is 2.34. The summed E-state index contributed by atoms with van der Waals surface area (Å²) in [7, 11) is -1.82. The van der Waals surface area contributed by atoms with E-state index in [-0.39, 0.29) is 9.92 Å². The van der Waals surface area contributed by atoms with Gasteiger partial charge in [-0.2, -0.15) is 0 Å². The zero-order valence-corrected chi connectivity index (χ0v) is 13.7. The lowest BCUT2D eigenvalue weighted by atomic mass is 10.2. The van der Waals surface area contributed by atoms with Crippen molar-refractivity contribution in [3.05, 3.63) is 53.2 Å². The predicted molar refractivity (Wildman–Crippen MR) is 89.0 cm³/mol. The first kappa shape index (κ1) is 14.9. The first-order valence-corrected chi connectivity index (χ1v) is 8.54. The van der Waals surface area contributed by atoms with E-state index in [9.17, 15) is 8.42 Å². The molecule has 0 radical (unpaired) electrons. The molecule has 4 nitrogen and oxygen atoms in total. The molecule has 0 aliphatic heterocycles. The summed E-state index contributed by atoms with van der Waals surface area (Å²) in [5, 5.41) is 0.939. The number of rotatable bonds is 2. The molecule has 6 heteroatoms. The molecule has 3 rings (SSSR count). The number of halogens is 1. The number of fused-ring (bicyclic) bond motifs is 1. The van der Waals surface area contributed by atoms with Crippen molar-refractivity contribution in [2.24, 2.45) is 7.05 Å². The standard InChI is InChI=1S/C16H15ClN2O2S/c1-10-16(12-5-3-4-6-15(12)19(10)2)22(20,21)11-7-8-14(18)13(17)9-11/h3-9H,18H2,1-2H3. The number of hydrogen-bond donors (Lipinski definition) is 1. The van der Waals surface area contributed by atoms with Gasteiger partial charge in [-0.3, -0.25) is 0 Å². The molecule has 22 heavy (non-hydrogen) atoms. The quantitative estimate of drug-likeness (QED) is 0.729. The van der Waals surface area contributed by atoms with Crippen molar-refractivity contribution in [1.82, 2.24) is 4.57 Å². The van der Waals surface area contributed by atoms with Gasteiger partial charge < -0.3 is 10.3 Å². The highest BCUT2D eigenvalue weighted by Crippen LogP contribution is 2.34. The average Bonchev–Trinajstić information content (AvgIpc) is 2.74. The van der Waals surface area contributed by atoms with Gasteiger partial charge in [-0.05, 0) is 31.2 Å². The van der Waals surface area contributed by atoms with E-state index in [0.717, 1.165) is 5.52 Å². The minimum atomic E-state index is -3.68. The lowest BCUT2D eigenvalue weighted by Gasteiger charge is -2.07. The van der Waals surface area contributed by atoms with Crippen molar-refractivity contribution in [3.8, 4) is 0 Å². The second-order valence-corrected chi connectivity index (χ2v) is 7.47. The average molecular weight is 335 g/mol. The number of nitrogens with zero attached hydrogens (tertiary/aromatic N) is 1. The lowest BCUT2D eigenvalue weighted by molar-refractivity contribution is 0.595. The van der Waals surface area contributed by atoms with Gasteiger partial charge in [0.05, 0.1) is 15.6 Å². The van der Waals surface area contributed by atoms with Gasteiger partial charge >= 0.3 is 0 Å². The molecular weight excluding hydrogens is 320 g/mol. The van der Waals surface area contributed by atoms with Crippen LogP contribution in [0.3, 0.4) is 0 Å². The summed E-state index contributed by atoms with van der Waals surface area (Å²) in [6.45, 7) is 1.80. The van der Waals surface area contributed by atoms with Gasteiger partial charge in [-0.15, -0.1) is 0 Å². The molecule has 3 aromatic rings. The fourth-order valence-electron chi connectivity index (χ4n) is 2.62. The van der Waals surface area contributed by atoms with E-state index in [0.29, 0.717) is 21.7 Å². The maximum atomic E-state index is 13.0. The van der Waals surface area contributed by atoms with Crippen LogP contribution in [0.4, 0.5) is 5.69 Å². The van der Waals surface area contributed by atoms with Crippen LogP contribution in [-0.4, -0.2) is 13.0 Å². The molecule has 0 saturated carbocycles. The Morgan fingerprint density at radius 1 is 1.14 bits per heavy atom. The number of benzene rings is 2. The number of sulfone groups is 1. The van der Waals surface area contributed by atoms with Gasteiger partial charge in [0.1, 0.15) is 4.90 Å². The van der Waals surface area contributed by atoms with Crippen LogP contribution in [0.25, 0.3) is 10.9 Å². The van der Waals surface area contributed by atoms with Crippen molar-refractivity contribution < 1.29 is 8.42 Å². The Morgan fingerprint density at radius 3 is 2.50 bits per heavy atom. The minimum absolute atomic E-state index is 0.145. The molecule has 0 amide bonds. The third-order valence-electron chi connectivity index (χ3n) is 3.89. The lowest BCUT2D eigenvalue weighted by Crippen LogP contribution is -2.05. The van der Waals surface area contributed by atoms with Crippen LogP contribution < -0.4 is 5.73 Å². The van der Waals surface area contributed by atoms with Crippen LogP contribution in [0.5, 0.6) is 0 Å². The summed E-state index contributed by atoms with van der Waals surface area (Å²) in [5.41, 5.74) is 7.59. The first-order valence-electron chi connectivity index (χ1n) is 6.68. The molecule has 0 saturated heterocycles. The van der Waals surface area contributed by atoms with E-state index in [1.54, 1.807) is 6.92 Å². The third kappa shape index (κ3) is 2.09. The van der Waals surface area contributed by atoms with Gasteiger partial charge in [0, 0.05) is 23.6 Å². The zero-order valence-electron chi connectivity index (χ0n) is 12.2. The Hall–Kier alpha value is -1.98. The minimum Gasteiger partial charge on any atom is -0.398 e. The van der Waals surface area contributed by atoms with Gasteiger partial charge in [0.15, 0.2) is 0 Å². The Morgan fingerprint density at radius 2 is 1.82 bits per heavy atom. The van der Waals surface area contributed by atoms with Crippen molar-refractivity contribution in [1.29, 1.82) is 0 Å². The van der Waals surface area contributed by atoms with Crippen LogP contribution in [-0.2, 0) is 16.9 Å². The number of hydrogen-bond acceptors (Lipinski definition) is 3. The molecule has 2 N–H and O–H groups in total. The fourth-order valence-corrected chi connectivity index (χ4v) is 4.61. The monoisotopic (exact) mass is 334 g/mol. The van der Waals surface area contributed by atoms with Crippen LogP contribution in [0.15, 0.2) is 52.3 Å². The van der Waals surface area contributed by atoms with Crippen LogP contribution >= 0.6 is 11.6 Å². The third-order valence-corrected chi connectivity index (χ3v) is 6.15. The maximum Gasteiger partial charge on any atom is 0.209 e. The number of para-hydroxylation sites is 1. The molecule has 0 aliphatic carbocycles. The second-order valence-electron chi connectivity index (χ2n) is 5.18. The van der Waals surface area contributed by atoms with Crippen molar-refractivity contribution >= 4 is 38.0 Å². The number of aryl methyl sites for hydroxylation is 1. The molecule has 0 aliphatic rings. The number of nitrogens with two attached hydrogens (primary N) is 1. The van der Waals surface area contributed by atoms with E-state index in [1.807, 2.05) is 35.9 Å². The van der Waals surface area contributed by atoms with Crippen molar-refractivity contribution in [3.63, 3.8) is 0 Å². The van der Waals surface area contributed by atoms with Gasteiger partial charge in [-0.1, -0.05) is 29.8 Å². The topological polar surface area (TPSA) is 65.1 Å². The molecular formula is C16H15ClN2O2S. The van der Waals surface area contributed by atoms with E-state index >= 15 is 0 Å². The molecule has 0 fully saturated rings. The number of anilines is 1. The molecule has 2 aromatic carbocycles. The van der Waals surface area contributed by atoms with Gasteiger partial charge in [0.25, 0.3) is 0 Å². The molecule has 0 atom stereocenters. The van der Waals surface area contributed by atoms with Gasteiger partial charge in [-0.25, -0.2) is 8.42 Å². The first-order chi connectivity index (χ1) is 10.3. The molecule has 1 heterocycles. The molecule has 0 unspecified atom stereocenters. The zero-order chi connectivity index (χ0) is 16.1. The summed E-state index contributed by atoms with van der Waals surface area (Å²) in [5.74, 6) is 0. The Labute approximate surface area is 134 Å². The van der Waals surface area contributed by atoms with Crippen molar-refractivity contribution in [2.75, 3.05) is 5.73 Å². The molecule has 114 valence electrons. The van der Waals surface area contributed by atoms with Crippen LogP contribution in [0.1, 0.15) is 5.69 Å². The molecule has 0 spiro atoms. The number of aromatic nitrogens is 1. The SMILES string of the molecule is Cc1c(S(=O)(=O)c2ccc(N)c(Cl)c2)c2ccccc2n1C. The van der Waals surface area contributed by atoms with Gasteiger partial charge in [0.2, 0.25) is 9.84 Å². The van der Waals surface area contributed by atoms with Crippen molar-refractivity contribution in [2.45, 2.75) is 16.7 Å². The van der Waals surface area contributed by atoms with Crippen LogP contribution in [0.2, 0.25) is 5.02 Å². The molecule has 0 bridgehead atoms. The van der Waals surface area contributed by atoms with Crippen LogP contribution in [0, 0.1) is 6.92 Å². The van der Waals surface area contributed by atoms with E-state index < -0.39 is 9.84 Å². The Bertz CT molecular complexity index is 991. The molecule has 1 aromatic heterocycles. The summed E-state index contributed by atoms with van der Waals surface area (Å²) in [6.07, 6.45) is 0. The fraction of sp³-hybridized carbons (Fsp3) is 0.125. The Kier molecular flexibility index (Phi) is 3.42. The van der Waals surface area contributed by atoms with E-state index in [4.69, 9.17) is 17.3 Å². The summed E-state index contributed by atoms with van der Waals surface area (Å²) in [6, 6.07) is 11.8. The smallest absolute Gasteiger partial charge is 0.209 e. The van der Waals surface area contributed by atoms with E-state index in [1.165, 1.54) is 18.2 Å². The highest BCUT2D eigenvalue weighted by atomic mass is 35.5. The summed E-state index contributed by atoms with van der Waals surface area (Å²) < 4.78 is 27.9. The maximum absolute atomic E-state index is 13.0.